The van der Waals surface area contributed by atoms with Crippen molar-refractivity contribution in [3.8, 4) is 0 Å². The number of nitrogens with two attached hydrogens (primary N) is 1. The molecule has 0 saturated heterocycles. The van der Waals surface area contributed by atoms with Gasteiger partial charge in [0.1, 0.15) is 0 Å². The number of halogens is 1. The normalized spacial score (nSPS) is 11.9. The maximum Gasteiger partial charge on any atom is 0.344 e. The van der Waals surface area contributed by atoms with Crippen LogP contribution < -0.4 is 5.73 Å². The number of nitrogen functional groups attached to an aromatic ring is 1. The van der Waals surface area contributed by atoms with Crippen LogP contribution in [0.1, 0.15) is 17.3 Å². The summed E-state index contributed by atoms with van der Waals surface area (Å²) in [5, 5.41) is 8.57. The number of carbonyl (C=O) groups is 2. The molecule has 0 aliphatic heterocycles. The first-order chi connectivity index (χ1) is 7.41. The van der Waals surface area contributed by atoms with Crippen LogP contribution in [0.25, 0.3) is 0 Å². The zero-order chi connectivity index (χ0) is 12.3. The number of hydrogen-bond donors (Lipinski definition) is 2. The Bertz CT molecular complexity index is 433. The Kier molecular flexibility index (Phi) is 3.89. The fraction of sp³-hybridized carbons (Fsp3) is 0.200. The van der Waals surface area contributed by atoms with Gasteiger partial charge >= 0.3 is 11.9 Å². The lowest BCUT2D eigenvalue weighted by atomic mass is 10.2. The van der Waals surface area contributed by atoms with Gasteiger partial charge in [-0.05, 0) is 41.1 Å². The van der Waals surface area contributed by atoms with E-state index in [1.165, 1.54) is 19.1 Å². The number of ether oxygens (including phenoxy) is 1. The van der Waals surface area contributed by atoms with Crippen molar-refractivity contribution in [2.75, 3.05) is 5.73 Å². The number of aliphatic carboxylic acids is 1. The van der Waals surface area contributed by atoms with E-state index in [1.54, 1.807) is 6.07 Å². The van der Waals surface area contributed by atoms with Crippen LogP contribution in [0.15, 0.2) is 22.7 Å². The van der Waals surface area contributed by atoms with Crippen molar-refractivity contribution in [3.05, 3.63) is 28.2 Å². The monoisotopic (exact) mass is 287 g/mol. The number of carboxylic acid groups (broad SMARTS) is 1. The van der Waals surface area contributed by atoms with E-state index in [0.29, 0.717) is 10.2 Å². The Hall–Kier alpha value is -1.56. The second-order valence-electron chi connectivity index (χ2n) is 3.12. The van der Waals surface area contributed by atoms with Crippen LogP contribution in [0.5, 0.6) is 0 Å². The van der Waals surface area contributed by atoms with E-state index in [4.69, 9.17) is 10.8 Å². The number of benzene rings is 1. The topological polar surface area (TPSA) is 89.6 Å². The highest BCUT2D eigenvalue weighted by Crippen LogP contribution is 2.20. The number of anilines is 1. The average Bonchev–Trinajstić information content (AvgIpc) is 2.21. The zero-order valence-corrected chi connectivity index (χ0v) is 10.0. The summed E-state index contributed by atoms with van der Waals surface area (Å²) in [4.78, 5) is 21.9. The summed E-state index contributed by atoms with van der Waals surface area (Å²) < 4.78 is 5.35. The summed E-state index contributed by atoms with van der Waals surface area (Å²) in [5.74, 6) is -1.91. The molecule has 0 spiro atoms. The molecule has 1 aromatic carbocycles. The first kappa shape index (κ1) is 12.5. The van der Waals surface area contributed by atoms with Crippen LogP contribution in [0, 0.1) is 0 Å². The summed E-state index contributed by atoms with van der Waals surface area (Å²) in [6, 6.07) is 4.51. The molecule has 86 valence electrons. The second kappa shape index (κ2) is 4.98. The van der Waals surface area contributed by atoms with Gasteiger partial charge in [0, 0.05) is 10.2 Å². The fourth-order valence-electron chi connectivity index (χ4n) is 0.950. The van der Waals surface area contributed by atoms with Gasteiger partial charge in [0.25, 0.3) is 0 Å². The van der Waals surface area contributed by atoms with Gasteiger partial charge in [-0.1, -0.05) is 0 Å². The molecule has 0 fully saturated rings. The maximum atomic E-state index is 11.5. The molecule has 3 N–H and O–H groups in total. The van der Waals surface area contributed by atoms with E-state index in [1.807, 2.05) is 0 Å². The van der Waals surface area contributed by atoms with Crippen LogP contribution in [-0.4, -0.2) is 23.1 Å². The molecule has 1 unspecified atom stereocenters. The molecule has 0 aromatic heterocycles. The minimum atomic E-state index is -1.20. The number of rotatable bonds is 3. The van der Waals surface area contributed by atoms with Crippen LogP contribution in [-0.2, 0) is 9.53 Å². The lowest BCUT2D eigenvalue weighted by molar-refractivity contribution is -0.146. The molecule has 6 heteroatoms. The summed E-state index contributed by atoms with van der Waals surface area (Å²) in [6.45, 7) is 1.28. The van der Waals surface area contributed by atoms with Gasteiger partial charge in [0.05, 0.1) is 5.56 Å². The molecular formula is C10H10BrNO4. The van der Waals surface area contributed by atoms with Crippen molar-refractivity contribution in [1.82, 2.24) is 0 Å². The minimum absolute atomic E-state index is 0.216. The molecule has 0 aliphatic carbocycles. The highest BCUT2D eigenvalue weighted by atomic mass is 79.9. The Morgan fingerprint density at radius 1 is 1.50 bits per heavy atom. The van der Waals surface area contributed by atoms with E-state index in [9.17, 15) is 9.59 Å². The molecular weight excluding hydrogens is 278 g/mol. The quantitative estimate of drug-likeness (QED) is 0.652. The molecule has 1 aromatic rings. The molecule has 0 saturated carbocycles. The predicted octanol–water partition coefficient (Wildman–Crippen LogP) is 1.66. The van der Waals surface area contributed by atoms with E-state index >= 15 is 0 Å². The number of carbonyl (C=O) groups excluding carboxylic acids is 1. The molecule has 0 aliphatic rings. The molecule has 16 heavy (non-hydrogen) atoms. The highest BCUT2D eigenvalue weighted by Gasteiger charge is 2.17. The van der Waals surface area contributed by atoms with Crippen molar-refractivity contribution in [3.63, 3.8) is 0 Å². The van der Waals surface area contributed by atoms with E-state index < -0.39 is 18.0 Å². The number of esters is 1. The second-order valence-corrected chi connectivity index (χ2v) is 3.98. The van der Waals surface area contributed by atoms with Gasteiger partial charge in [-0.15, -0.1) is 0 Å². The van der Waals surface area contributed by atoms with Gasteiger partial charge in [0.15, 0.2) is 6.10 Å². The van der Waals surface area contributed by atoms with Crippen LogP contribution >= 0.6 is 15.9 Å². The standard InChI is InChI=1S/C10H10BrNO4/c1-5(9(13)14)16-10(15)6-2-3-7(11)8(12)4-6/h2-5H,12H2,1H3,(H,13,14). The van der Waals surface area contributed by atoms with E-state index in [0.717, 1.165) is 0 Å². The van der Waals surface area contributed by atoms with E-state index in [-0.39, 0.29) is 5.56 Å². The SMILES string of the molecule is CC(OC(=O)c1ccc(Br)c(N)c1)C(=O)O. The fourth-order valence-corrected chi connectivity index (χ4v) is 1.20. The summed E-state index contributed by atoms with van der Waals surface area (Å²) in [6.07, 6.45) is -1.18. The maximum absolute atomic E-state index is 11.5. The molecule has 5 nitrogen and oxygen atoms in total. The third-order valence-electron chi connectivity index (χ3n) is 1.86. The highest BCUT2D eigenvalue weighted by molar-refractivity contribution is 9.10. The summed E-state index contributed by atoms with van der Waals surface area (Å²) in [7, 11) is 0. The van der Waals surface area contributed by atoms with Crippen LogP contribution in [0.3, 0.4) is 0 Å². The Morgan fingerprint density at radius 3 is 2.62 bits per heavy atom. The van der Waals surface area contributed by atoms with Crippen molar-refractivity contribution in [2.45, 2.75) is 13.0 Å². The van der Waals surface area contributed by atoms with Gasteiger partial charge in [-0.2, -0.15) is 0 Å². The van der Waals surface area contributed by atoms with Gasteiger partial charge in [-0.3, -0.25) is 0 Å². The van der Waals surface area contributed by atoms with Gasteiger partial charge in [0.2, 0.25) is 0 Å². The summed E-state index contributed by atoms with van der Waals surface area (Å²) >= 11 is 3.18. The summed E-state index contributed by atoms with van der Waals surface area (Å²) in [5.41, 5.74) is 6.18. The molecule has 1 rings (SSSR count). The third kappa shape index (κ3) is 2.96. The first-order valence-electron chi connectivity index (χ1n) is 4.40. The van der Waals surface area contributed by atoms with Crippen molar-refractivity contribution >= 4 is 33.6 Å². The van der Waals surface area contributed by atoms with E-state index in [2.05, 4.69) is 20.7 Å². The first-order valence-corrected chi connectivity index (χ1v) is 5.20. The largest absolute Gasteiger partial charge is 0.479 e. The average molecular weight is 288 g/mol. The number of hydrogen-bond acceptors (Lipinski definition) is 4. The van der Waals surface area contributed by atoms with Crippen LogP contribution in [0.4, 0.5) is 5.69 Å². The lowest BCUT2D eigenvalue weighted by Gasteiger charge is -2.09. The molecule has 1 atom stereocenters. The number of carboxylic acids is 1. The smallest absolute Gasteiger partial charge is 0.344 e. The predicted molar refractivity (Wildman–Crippen MR) is 61.1 cm³/mol. The Balaban J connectivity index is 2.81. The van der Waals surface area contributed by atoms with Crippen molar-refractivity contribution in [1.29, 1.82) is 0 Å². The third-order valence-corrected chi connectivity index (χ3v) is 2.59. The molecule has 0 heterocycles. The van der Waals surface area contributed by atoms with Crippen LogP contribution in [0.2, 0.25) is 0 Å². The van der Waals surface area contributed by atoms with Gasteiger partial charge < -0.3 is 15.6 Å². The minimum Gasteiger partial charge on any atom is -0.479 e. The lowest BCUT2D eigenvalue weighted by Crippen LogP contribution is -2.23. The molecule has 0 amide bonds. The van der Waals surface area contributed by atoms with Gasteiger partial charge in [-0.25, -0.2) is 9.59 Å². The Morgan fingerprint density at radius 2 is 2.12 bits per heavy atom. The Labute approximate surface area is 100 Å². The van der Waals surface area contributed by atoms with Crippen molar-refractivity contribution in [2.24, 2.45) is 0 Å². The zero-order valence-electron chi connectivity index (χ0n) is 8.44. The molecule has 0 bridgehead atoms. The molecule has 0 radical (unpaired) electrons. The van der Waals surface area contributed by atoms with Crippen molar-refractivity contribution < 1.29 is 19.4 Å².